The molecule has 0 rings (SSSR count). The highest BCUT2D eigenvalue weighted by Crippen LogP contribution is 1.90. The van der Waals surface area contributed by atoms with Crippen LogP contribution in [0.1, 0.15) is 26.2 Å². The molecule has 0 aromatic heterocycles. The number of hydrogen-bond donors (Lipinski definition) is 3. The van der Waals surface area contributed by atoms with Crippen LogP contribution in [0.2, 0.25) is 0 Å². The van der Waals surface area contributed by atoms with Crippen LogP contribution in [0.15, 0.2) is 5.16 Å². The largest absolute Gasteiger partial charge is 0.409 e. The lowest BCUT2D eigenvalue weighted by Gasteiger charge is -2.04. The molecule has 0 aliphatic heterocycles. The van der Waals surface area contributed by atoms with Crippen LogP contribution in [-0.4, -0.2) is 36.7 Å². The summed E-state index contributed by atoms with van der Waals surface area (Å²) >= 11 is 0. The van der Waals surface area contributed by atoms with E-state index in [0.717, 1.165) is 0 Å². The molecule has 0 fully saturated rings. The highest BCUT2D eigenvalue weighted by atomic mass is 16.5. The van der Waals surface area contributed by atoms with E-state index < -0.39 is 0 Å². The average Bonchev–Trinajstić information content (AvgIpc) is 2.24. The van der Waals surface area contributed by atoms with E-state index in [0.29, 0.717) is 39.0 Å². The van der Waals surface area contributed by atoms with Crippen molar-refractivity contribution >= 4 is 11.7 Å². The standard InChI is InChI=1S/C9H19N3O3/c1-2-15-7-3-4-9(13)11-6-5-8(10)12-14/h14H,2-7H2,1H3,(H2,10,12)(H,11,13). The SMILES string of the molecule is CCOCCCC(=O)NCCC(N)=NO. The van der Waals surface area contributed by atoms with Crippen LogP contribution < -0.4 is 11.1 Å². The summed E-state index contributed by atoms with van der Waals surface area (Å²) < 4.78 is 5.09. The molecule has 0 spiro atoms. The van der Waals surface area contributed by atoms with Gasteiger partial charge in [0, 0.05) is 32.6 Å². The van der Waals surface area contributed by atoms with Crippen molar-refractivity contribution in [3.05, 3.63) is 0 Å². The molecule has 88 valence electrons. The van der Waals surface area contributed by atoms with Crippen LogP contribution in [0, 0.1) is 0 Å². The summed E-state index contributed by atoms with van der Waals surface area (Å²) in [5, 5.41) is 13.7. The van der Waals surface area contributed by atoms with E-state index in [9.17, 15) is 4.79 Å². The van der Waals surface area contributed by atoms with E-state index in [4.69, 9.17) is 15.7 Å². The van der Waals surface area contributed by atoms with Crippen LogP contribution in [0.25, 0.3) is 0 Å². The van der Waals surface area contributed by atoms with Gasteiger partial charge in [-0.25, -0.2) is 0 Å². The monoisotopic (exact) mass is 217 g/mol. The van der Waals surface area contributed by atoms with Gasteiger partial charge in [0.1, 0.15) is 5.84 Å². The number of nitrogens with zero attached hydrogens (tertiary/aromatic N) is 1. The van der Waals surface area contributed by atoms with Crippen LogP contribution in [0.5, 0.6) is 0 Å². The lowest BCUT2D eigenvalue weighted by Crippen LogP contribution is -2.28. The van der Waals surface area contributed by atoms with Gasteiger partial charge in [-0.15, -0.1) is 0 Å². The smallest absolute Gasteiger partial charge is 0.220 e. The minimum atomic E-state index is -0.0413. The molecule has 1 amide bonds. The van der Waals surface area contributed by atoms with Gasteiger partial charge in [-0.3, -0.25) is 4.79 Å². The van der Waals surface area contributed by atoms with Crippen LogP contribution in [-0.2, 0) is 9.53 Å². The molecule has 0 atom stereocenters. The number of oxime groups is 1. The van der Waals surface area contributed by atoms with Crippen molar-refractivity contribution < 1.29 is 14.7 Å². The van der Waals surface area contributed by atoms with Crippen molar-refractivity contribution in [2.45, 2.75) is 26.2 Å². The molecule has 15 heavy (non-hydrogen) atoms. The minimum Gasteiger partial charge on any atom is -0.409 e. The third-order valence-corrected chi connectivity index (χ3v) is 1.73. The van der Waals surface area contributed by atoms with E-state index in [1.165, 1.54) is 0 Å². The number of nitrogens with two attached hydrogens (primary N) is 1. The topological polar surface area (TPSA) is 96.9 Å². The molecule has 4 N–H and O–H groups in total. The van der Waals surface area contributed by atoms with Gasteiger partial charge in [0.2, 0.25) is 5.91 Å². The molecule has 0 heterocycles. The normalized spacial score (nSPS) is 11.4. The molecular formula is C9H19N3O3. The third kappa shape index (κ3) is 9.01. The Kier molecular flexibility index (Phi) is 8.46. The molecule has 0 radical (unpaired) electrons. The molecule has 6 heteroatoms. The van der Waals surface area contributed by atoms with Crippen LogP contribution >= 0.6 is 0 Å². The summed E-state index contributed by atoms with van der Waals surface area (Å²) in [6, 6.07) is 0. The Morgan fingerprint density at radius 1 is 1.53 bits per heavy atom. The number of nitrogens with one attached hydrogen (secondary N) is 1. The predicted molar refractivity (Wildman–Crippen MR) is 56.8 cm³/mol. The molecule has 0 saturated heterocycles. The lowest BCUT2D eigenvalue weighted by atomic mass is 10.3. The molecule has 0 aliphatic rings. The maximum Gasteiger partial charge on any atom is 0.220 e. The first-order chi connectivity index (χ1) is 7.20. The summed E-state index contributed by atoms with van der Waals surface area (Å²) in [5.41, 5.74) is 5.23. The number of carbonyl (C=O) groups excluding carboxylic acids is 1. The van der Waals surface area contributed by atoms with E-state index in [2.05, 4.69) is 10.5 Å². The first-order valence-electron chi connectivity index (χ1n) is 5.01. The fourth-order valence-corrected chi connectivity index (χ4v) is 0.948. The Bertz CT molecular complexity index is 207. The Hall–Kier alpha value is -1.30. The molecule has 0 aromatic rings. The third-order valence-electron chi connectivity index (χ3n) is 1.73. The van der Waals surface area contributed by atoms with Gasteiger partial charge < -0.3 is 21.0 Å². The number of amides is 1. The second-order valence-electron chi connectivity index (χ2n) is 2.99. The fraction of sp³-hybridized carbons (Fsp3) is 0.778. The second kappa shape index (κ2) is 9.26. The molecule has 6 nitrogen and oxygen atoms in total. The van der Waals surface area contributed by atoms with Gasteiger partial charge in [-0.05, 0) is 13.3 Å². The van der Waals surface area contributed by atoms with E-state index in [1.54, 1.807) is 0 Å². The van der Waals surface area contributed by atoms with E-state index >= 15 is 0 Å². The Morgan fingerprint density at radius 3 is 2.87 bits per heavy atom. The van der Waals surface area contributed by atoms with Gasteiger partial charge in [0.25, 0.3) is 0 Å². The van der Waals surface area contributed by atoms with Crippen molar-refractivity contribution in [3.8, 4) is 0 Å². The molecule has 0 bridgehead atoms. The zero-order valence-electron chi connectivity index (χ0n) is 9.03. The van der Waals surface area contributed by atoms with Gasteiger partial charge in [-0.2, -0.15) is 0 Å². The van der Waals surface area contributed by atoms with Gasteiger partial charge in [0.15, 0.2) is 0 Å². The van der Waals surface area contributed by atoms with Crippen molar-refractivity contribution in [3.63, 3.8) is 0 Å². The zero-order chi connectivity index (χ0) is 11.5. The zero-order valence-corrected chi connectivity index (χ0v) is 9.03. The van der Waals surface area contributed by atoms with E-state index in [-0.39, 0.29) is 11.7 Å². The van der Waals surface area contributed by atoms with Gasteiger partial charge in [-0.1, -0.05) is 5.16 Å². The maximum atomic E-state index is 11.2. The van der Waals surface area contributed by atoms with Gasteiger partial charge in [0.05, 0.1) is 0 Å². The highest BCUT2D eigenvalue weighted by Gasteiger charge is 2.00. The first-order valence-corrected chi connectivity index (χ1v) is 5.01. The second-order valence-corrected chi connectivity index (χ2v) is 2.99. The summed E-state index contributed by atoms with van der Waals surface area (Å²) in [5.74, 6) is 0.0741. The molecule has 0 saturated carbocycles. The number of amidine groups is 1. The first kappa shape index (κ1) is 13.7. The molecule has 0 aromatic carbocycles. The highest BCUT2D eigenvalue weighted by molar-refractivity contribution is 5.81. The Labute approximate surface area is 89.5 Å². The van der Waals surface area contributed by atoms with Gasteiger partial charge >= 0.3 is 0 Å². The van der Waals surface area contributed by atoms with E-state index in [1.807, 2.05) is 6.92 Å². The summed E-state index contributed by atoms with van der Waals surface area (Å²) in [6.45, 7) is 3.58. The summed E-state index contributed by atoms with van der Waals surface area (Å²) in [4.78, 5) is 11.2. The lowest BCUT2D eigenvalue weighted by molar-refractivity contribution is -0.121. The van der Waals surface area contributed by atoms with Crippen molar-refractivity contribution in [2.24, 2.45) is 10.9 Å². The van der Waals surface area contributed by atoms with Crippen molar-refractivity contribution in [1.29, 1.82) is 0 Å². The maximum absolute atomic E-state index is 11.2. The molecular weight excluding hydrogens is 198 g/mol. The van der Waals surface area contributed by atoms with Crippen molar-refractivity contribution in [1.82, 2.24) is 5.32 Å². The van der Waals surface area contributed by atoms with Crippen molar-refractivity contribution in [2.75, 3.05) is 19.8 Å². The molecule has 0 unspecified atom stereocenters. The van der Waals surface area contributed by atoms with Crippen LogP contribution in [0.4, 0.5) is 0 Å². The Balaban J connectivity index is 3.34. The van der Waals surface area contributed by atoms with Crippen LogP contribution in [0.3, 0.4) is 0 Å². The minimum absolute atomic E-state index is 0.0413. The average molecular weight is 217 g/mol. The number of rotatable bonds is 8. The number of carbonyl (C=O) groups is 1. The number of hydrogen-bond acceptors (Lipinski definition) is 4. The molecule has 0 aliphatic carbocycles. The fourth-order valence-electron chi connectivity index (χ4n) is 0.948. The quantitative estimate of drug-likeness (QED) is 0.176. The summed E-state index contributed by atoms with van der Waals surface area (Å²) in [7, 11) is 0. The number of ether oxygens (including phenoxy) is 1. The Morgan fingerprint density at radius 2 is 2.27 bits per heavy atom. The predicted octanol–water partition coefficient (Wildman–Crippen LogP) is 0.0558. The summed E-state index contributed by atoms with van der Waals surface area (Å²) in [6.07, 6.45) is 1.51.